The van der Waals surface area contributed by atoms with E-state index in [0.29, 0.717) is 32.7 Å². The summed E-state index contributed by atoms with van der Waals surface area (Å²) in [7, 11) is 0. The van der Waals surface area contributed by atoms with Gasteiger partial charge in [-0.15, -0.1) is 0 Å². The lowest BCUT2D eigenvalue weighted by atomic mass is 10.1. The molecule has 1 aliphatic rings. The van der Waals surface area contributed by atoms with Gasteiger partial charge in [0.25, 0.3) is 5.91 Å². The molecule has 0 radical (unpaired) electrons. The zero-order valence-electron chi connectivity index (χ0n) is 11.6. The summed E-state index contributed by atoms with van der Waals surface area (Å²) in [5.41, 5.74) is 5.28. The quantitative estimate of drug-likeness (QED) is 0.851. The normalized spacial score (nSPS) is 16.3. The van der Waals surface area contributed by atoms with Crippen LogP contribution in [0.25, 0.3) is 0 Å². The van der Waals surface area contributed by atoms with E-state index in [-0.39, 0.29) is 5.56 Å². The lowest BCUT2D eigenvalue weighted by molar-refractivity contribution is 0.0635. The molecule has 7 heteroatoms. The Balaban J connectivity index is 1.99. The molecular weight excluding hydrogens is 283 g/mol. The molecule has 1 aromatic rings. The Morgan fingerprint density at radius 3 is 2.19 bits per heavy atom. The first-order valence-corrected chi connectivity index (χ1v) is 6.89. The van der Waals surface area contributed by atoms with Gasteiger partial charge in [0.15, 0.2) is 17.5 Å². The van der Waals surface area contributed by atoms with E-state index in [0.717, 1.165) is 25.1 Å². The minimum absolute atomic E-state index is 0.165. The summed E-state index contributed by atoms with van der Waals surface area (Å²) in [4.78, 5) is 15.9. The van der Waals surface area contributed by atoms with Crippen LogP contribution >= 0.6 is 0 Å². The molecule has 0 saturated carbocycles. The first kappa shape index (κ1) is 15.8. The van der Waals surface area contributed by atoms with E-state index in [1.807, 2.05) is 0 Å². The van der Waals surface area contributed by atoms with E-state index in [1.54, 1.807) is 0 Å². The van der Waals surface area contributed by atoms with Crippen molar-refractivity contribution in [1.29, 1.82) is 0 Å². The van der Waals surface area contributed by atoms with E-state index in [1.165, 1.54) is 4.90 Å². The van der Waals surface area contributed by atoms with Gasteiger partial charge in [0.1, 0.15) is 0 Å². The van der Waals surface area contributed by atoms with Crippen LogP contribution in [0.15, 0.2) is 12.1 Å². The minimum Gasteiger partial charge on any atom is -0.336 e. The molecule has 0 aliphatic carbocycles. The number of nitrogens with zero attached hydrogens (tertiary/aromatic N) is 2. The number of rotatable bonds is 4. The number of nitrogens with two attached hydrogens (primary N) is 1. The zero-order chi connectivity index (χ0) is 15.4. The van der Waals surface area contributed by atoms with Gasteiger partial charge in [0, 0.05) is 31.7 Å². The maximum atomic E-state index is 13.2. The van der Waals surface area contributed by atoms with Crippen molar-refractivity contribution in [3.8, 4) is 0 Å². The van der Waals surface area contributed by atoms with Crippen LogP contribution in [-0.4, -0.2) is 55.0 Å². The van der Waals surface area contributed by atoms with Crippen LogP contribution in [0.5, 0.6) is 0 Å². The maximum absolute atomic E-state index is 13.2. The summed E-state index contributed by atoms with van der Waals surface area (Å²) in [6, 6.07) is 1.48. The van der Waals surface area contributed by atoms with Crippen LogP contribution in [0, 0.1) is 17.5 Å². The van der Waals surface area contributed by atoms with Gasteiger partial charge in [-0.2, -0.15) is 0 Å². The highest BCUT2D eigenvalue weighted by molar-refractivity contribution is 5.94. The number of carbonyl (C=O) groups excluding carboxylic acids is 1. The fourth-order valence-corrected chi connectivity index (χ4v) is 2.35. The molecule has 2 rings (SSSR count). The summed E-state index contributed by atoms with van der Waals surface area (Å²) in [6.45, 7) is 3.83. The third-order valence-electron chi connectivity index (χ3n) is 3.57. The lowest BCUT2D eigenvalue weighted by Crippen LogP contribution is -2.49. The van der Waals surface area contributed by atoms with Gasteiger partial charge < -0.3 is 10.6 Å². The summed E-state index contributed by atoms with van der Waals surface area (Å²) >= 11 is 0. The standard InChI is InChI=1S/C14H18F3N3O/c15-11-8-10(9-12(16)13(11)17)14(21)20-6-4-19(5-7-20)3-1-2-18/h8-9H,1-7,18H2. The highest BCUT2D eigenvalue weighted by Crippen LogP contribution is 2.16. The summed E-state index contributed by atoms with van der Waals surface area (Å²) in [5.74, 6) is -4.73. The van der Waals surface area contributed by atoms with E-state index in [4.69, 9.17) is 5.73 Å². The summed E-state index contributed by atoms with van der Waals surface area (Å²) in [6.07, 6.45) is 0.891. The van der Waals surface area contributed by atoms with Crippen LogP contribution in [0.1, 0.15) is 16.8 Å². The van der Waals surface area contributed by atoms with Gasteiger partial charge in [-0.3, -0.25) is 9.69 Å². The van der Waals surface area contributed by atoms with Crippen molar-refractivity contribution in [2.75, 3.05) is 39.3 Å². The topological polar surface area (TPSA) is 49.6 Å². The monoisotopic (exact) mass is 301 g/mol. The predicted octanol–water partition coefficient (Wildman–Crippen LogP) is 1.21. The highest BCUT2D eigenvalue weighted by atomic mass is 19.2. The molecule has 0 bridgehead atoms. The second kappa shape index (κ2) is 6.91. The minimum atomic E-state index is -1.56. The van der Waals surface area contributed by atoms with E-state index in [2.05, 4.69) is 4.90 Å². The van der Waals surface area contributed by atoms with E-state index in [9.17, 15) is 18.0 Å². The SMILES string of the molecule is NCCCN1CCN(C(=O)c2cc(F)c(F)c(F)c2)CC1. The molecule has 1 aliphatic heterocycles. The Bertz CT molecular complexity index is 493. The number of carbonyl (C=O) groups is 1. The number of hydrogen-bond donors (Lipinski definition) is 1. The Kier molecular flexibility index (Phi) is 5.19. The van der Waals surface area contributed by atoms with Crippen LogP contribution in [0.2, 0.25) is 0 Å². The van der Waals surface area contributed by atoms with Crippen molar-refractivity contribution in [2.45, 2.75) is 6.42 Å². The van der Waals surface area contributed by atoms with Gasteiger partial charge in [-0.25, -0.2) is 13.2 Å². The van der Waals surface area contributed by atoms with E-state index >= 15 is 0 Å². The number of amides is 1. The molecule has 1 saturated heterocycles. The Hall–Kier alpha value is -1.60. The fourth-order valence-electron chi connectivity index (χ4n) is 2.35. The molecule has 1 fully saturated rings. The first-order chi connectivity index (χ1) is 10.0. The predicted molar refractivity (Wildman–Crippen MR) is 72.3 cm³/mol. The smallest absolute Gasteiger partial charge is 0.254 e. The van der Waals surface area contributed by atoms with Crippen molar-refractivity contribution in [1.82, 2.24) is 9.80 Å². The number of halogens is 3. The molecule has 0 unspecified atom stereocenters. The Morgan fingerprint density at radius 2 is 1.67 bits per heavy atom. The second-order valence-electron chi connectivity index (χ2n) is 5.03. The van der Waals surface area contributed by atoms with Crippen LogP contribution in [0.4, 0.5) is 13.2 Å². The number of hydrogen-bond acceptors (Lipinski definition) is 3. The van der Waals surface area contributed by atoms with Crippen LogP contribution < -0.4 is 5.73 Å². The number of piperazine rings is 1. The van der Waals surface area contributed by atoms with Gasteiger partial charge in [-0.05, 0) is 31.6 Å². The molecule has 0 aromatic heterocycles. The van der Waals surface area contributed by atoms with Crippen molar-refractivity contribution in [3.05, 3.63) is 35.1 Å². The molecule has 2 N–H and O–H groups in total. The molecule has 21 heavy (non-hydrogen) atoms. The first-order valence-electron chi connectivity index (χ1n) is 6.89. The fraction of sp³-hybridized carbons (Fsp3) is 0.500. The Labute approximate surface area is 121 Å². The van der Waals surface area contributed by atoms with Crippen molar-refractivity contribution in [3.63, 3.8) is 0 Å². The van der Waals surface area contributed by atoms with Crippen molar-refractivity contribution < 1.29 is 18.0 Å². The zero-order valence-corrected chi connectivity index (χ0v) is 11.6. The van der Waals surface area contributed by atoms with Gasteiger partial charge >= 0.3 is 0 Å². The lowest BCUT2D eigenvalue weighted by Gasteiger charge is -2.34. The molecule has 116 valence electrons. The van der Waals surface area contributed by atoms with Crippen LogP contribution in [-0.2, 0) is 0 Å². The molecule has 0 atom stereocenters. The molecule has 0 spiro atoms. The third kappa shape index (κ3) is 3.74. The number of benzene rings is 1. The van der Waals surface area contributed by atoms with Gasteiger partial charge in [-0.1, -0.05) is 0 Å². The van der Waals surface area contributed by atoms with Gasteiger partial charge in [0.05, 0.1) is 0 Å². The van der Waals surface area contributed by atoms with Crippen molar-refractivity contribution >= 4 is 5.91 Å². The maximum Gasteiger partial charge on any atom is 0.254 e. The molecule has 1 amide bonds. The molecule has 1 aromatic carbocycles. The largest absolute Gasteiger partial charge is 0.336 e. The third-order valence-corrected chi connectivity index (χ3v) is 3.57. The molecular formula is C14H18F3N3O. The van der Waals surface area contributed by atoms with Crippen molar-refractivity contribution in [2.24, 2.45) is 5.73 Å². The highest BCUT2D eigenvalue weighted by Gasteiger charge is 2.23. The summed E-state index contributed by atoms with van der Waals surface area (Å²) < 4.78 is 39.2. The van der Waals surface area contributed by atoms with Gasteiger partial charge in [0.2, 0.25) is 0 Å². The average molecular weight is 301 g/mol. The summed E-state index contributed by atoms with van der Waals surface area (Å²) in [5, 5.41) is 0. The Morgan fingerprint density at radius 1 is 1.10 bits per heavy atom. The molecule has 1 heterocycles. The van der Waals surface area contributed by atoms with Crippen LogP contribution in [0.3, 0.4) is 0 Å². The second-order valence-corrected chi connectivity index (χ2v) is 5.03. The van der Waals surface area contributed by atoms with E-state index < -0.39 is 23.4 Å². The molecule has 4 nitrogen and oxygen atoms in total. The average Bonchev–Trinajstić information content (AvgIpc) is 2.50.